The average molecular weight is 514 g/mol. The predicted molar refractivity (Wildman–Crippen MR) is 144 cm³/mol. The topological polar surface area (TPSA) is 90.5 Å². The third-order valence-electron chi connectivity index (χ3n) is 6.46. The lowest BCUT2D eigenvalue weighted by Crippen LogP contribution is -2.40. The molecule has 0 bridgehead atoms. The van der Waals surface area contributed by atoms with Crippen molar-refractivity contribution in [3.8, 4) is 5.75 Å². The molecule has 0 spiro atoms. The van der Waals surface area contributed by atoms with Crippen LogP contribution in [-0.2, 0) is 11.3 Å². The van der Waals surface area contributed by atoms with Gasteiger partial charge in [-0.25, -0.2) is 4.99 Å². The number of carbonyl (C=O) groups excluding carboxylic acids is 1. The molecule has 188 valence electrons. The Bertz CT molecular complexity index is 1680. The summed E-state index contributed by atoms with van der Waals surface area (Å²) >= 11 is 1.31. The molecule has 0 aliphatic carbocycles. The van der Waals surface area contributed by atoms with Crippen molar-refractivity contribution in [2.45, 2.75) is 33.4 Å². The molecule has 2 aromatic carbocycles. The van der Waals surface area contributed by atoms with Crippen LogP contribution in [0.3, 0.4) is 0 Å². The Morgan fingerprint density at radius 2 is 1.86 bits per heavy atom. The van der Waals surface area contributed by atoms with Crippen molar-refractivity contribution in [3.05, 3.63) is 109 Å². The number of aryl methyl sites for hydroxylation is 1. The quantitative estimate of drug-likeness (QED) is 0.428. The van der Waals surface area contributed by atoms with Crippen molar-refractivity contribution < 1.29 is 9.53 Å². The highest BCUT2D eigenvalue weighted by atomic mass is 32.1. The summed E-state index contributed by atoms with van der Waals surface area (Å²) in [5.74, 6) is 0.387. The fourth-order valence-electron chi connectivity index (χ4n) is 4.50. The number of amides is 1. The summed E-state index contributed by atoms with van der Waals surface area (Å²) in [6.07, 6.45) is 3.62. The van der Waals surface area contributed by atoms with E-state index in [1.165, 1.54) is 11.3 Å². The van der Waals surface area contributed by atoms with Crippen molar-refractivity contribution in [3.63, 3.8) is 0 Å². The van der Waals surface area contributed by atoms with Crippen LogP contribution in [0.2, 0.25) is 0 Å². The molecule has 1 aliphatic rings. The van der Waals surface area contributed by atoms with Gasteiger partial charge in [-0.05, 0) is 56.7 Å². The highest BCUT2D eigenvalue weighted by Crippen LogP contribution is 2.31. The van der Waals surface area contributed by atoms with Crippen LogP contribution in [0.5, 0.6) is 5.75 Å². The van der Waals surface area contributed by atoms with Crippen LogP contribution in [0, 0.1) is 6.92 Å². The maximum atomic E-state index is 13.8. The number of para-hydroxylation sites is 1. The van der Waals surface area contributed by atoms with E-state index in [4.69, 9.17) is 9.73 Å². The summed E-state index contributed by atoms with van der Waals surface area (Å²) in [6, 6.07) is 16.0. The molecule has 5 rings (SSSR count). The lowest BCUT2D eigenvalue weighted by Gasteiger charge is -2.25. The van der Waals surface area contributed by atoms with Gasteiger partial charge in [0.1, 0.15) is 5.75 Å². The van der Waals surface area contributed by atoms with Gasteiger partial charge in [-0.15, -0.1) is 0 Å². The van der Waals surface area contributed by atoms with E-state index in [0.29, 0.717) is 32.0 Å². The largest absolute Gasteiger partial charge is 0.497 e. The number of ether oxygens (including phenoxy) is 1. The first-order chi connectivity index (χ1) is 17.9. The zero-order valence-electron chi connectivity index (χ0n) is 21.1. The number of hydrogen-bond donors (Lipinski definition) is 1. The number of fused-ring (bicyclic) bond motifs is 1. The molecule has 4 aromatic rings. The van der Waals surface area contributed by atoms with E-state index in [1.54, 1.807) is 17.9 Å². The zero-order valence-corrected chi connectivity index (χ0v) is 21.9. The van der Waals surface area contributed by atoms with Crippen molar-refractivity contribution in [1.29, 1.82) is 0 Å². The number of rotatable bonds is 6. The SMILES string of the molecule is CCn1ncc(C=c2sc3n(c2=O)C(c2ccc(OC)cc2)C(C(=O)Nc2ccccc2)=C(C)N=3)c1C. The Hall–Kier alpha value is -4.24. The summed E-state index contributed by atoms with van der Waals surface area (Å²) in [5.41, 5.74) is 4.11. The van der Waals surface area contributed by atoms with E-state index >= 15 is 0 Å². The predicted octanol–water partition coefficient (Wildman–Crippen LogP) is 3.41. The van der Waals surface area contributed by atoms with Crippen molar-refractivity contribution in [1.82, 2.24) is 14.3 Å². The third-order valence-corrected chi connectivity index (χ3v) is 7.44. The van der Waals surface area contributed by atoms with E-state index in [0.717, 1.165) is 23.4 Å². The second-order valence-corrected chi connectivity index (χ2v) is 9.69. The molecule has 1 N–H and O–H groups in total. The second kappa shape index (κ2) is 10.0. The molecule has 1 aliphatic heterocycles. The minimum atomic E-state index is -0.646. The number of carbonyl (C=O) groups is 1. The minimum absolute atomic E-state index is 0.203. The second-order valence-electron chi connectivity index (χ2n) is 8.68. The van der Waals surface area contributed by atoms with E-state index in [9.17, 15) is 9.59 Å². The molecule has 8 nitrogen and oxygen atoms in total. The van der Waals surface area contributed by atoms with Gasteiger partial charge in [0.15, 0.2) is 4.80 Å². The maximum absolute atomic E-state index is 13.8. The molecule has 1 unspecified atom stereocenters. The number of hydrogen-bond acceptors (Lipinski definition) is 6. The Balaban J connectivity index is 1.67. The van der Waals surface area contributed by atoms with Crippen molar-refractivity contribution >= 4 is 29.0 Å². The molecule has 3 heterocycles. The number of thiazole rings is 1. The van der Waals surface area contributed by atoms with Crippen LogP contribution in [-0.4, -0.2) is 27.4 Å². The first-order valence-electron chi connectivity index (χ1n) is 12.0. The van der Waals surface area contributed by atoms with Crippen molar-refractivity contribution in [2.24, 2.45) is 4.99 Å². The van der Waals surface area contributed by atoms with Crippen LogP contribution in [0.15, 0.2) is 81.9 Å². The minimum Gasteiger partial charge on any atom is -0.497 e. The molecule has 37 heavy (non-hydrogen) atoms. The van der Waals surface area contributed by atoms with Gasteiger partial charge in [0.25, 0.3) is 11.5 Å². The molecule has 1 atom stereocenters. The Morgan fingerprint density at radius 3 is 2.51 bits per heavy atom. The smallest absolute Gasteiger partial charge is 0.271 e. The summed E-state index contributed by atoms with van der Waals surface area (Å²) < 4.78 is 9.37. The summed E-state index contributed by atoms with van der Waals surface area (Å²) in [5, 5.41) is 7.36. The number of allylic oxidation sites excluding steroid dienone is 1. The van der Waals surface area contributed by atoms with Crippen LogP contribution >= 0.6 is 11.3 Å². The zero-order chi connectivity index (χ0) is 26.1. The highest BCUT2D eigenvalue weighted by Gasteiger charge is 2.32. The van der Waals surface area contributed by atoms with Crippen LogP contribution in [0.1, 0.15) is 36.7 Å². The van der Waals surface area contributed by atoms with Crippen LogP contribution < -0.4 is 24.9 Å². The number of aromatic nitrogens is 3. The normalized spacial score (nSPS) is 15.4. The summed E-state index contributed by atoms with van der Waals surface area (Å²) in [4.78, 5) is 32.7. The number of benzene rings is 2. The molecule has 0 radical (unpaired) electrons. The summed E-state index contributed by atoms with van der Waals surface area (Å²) in [7, 11) is 1.60. The van der Waals surface area contributed by atoms with Gasteiger partial charge in [0.05, 0.1) is 35.2 Å². The molecule has 1 amide bonds. The van der Waals surface area contributed by atoms with Gasteiger partial charge in [-0.1, -0.05) is 41.7 Å². The Morgan fingerprint density at radius 1 is 1.14 bits per heavy atom. The van der Waals surface area contributed by atoms with Crippen molar-refractivity contribution in [2.75, 3.05) is 12.4 Å². The molecular weight excluding hydrogens is 486 g/mol. The van der Waals surface area contributed by atoms with E-state index in [1.807, 2.05) is 86.1 Å². The highest BCUT2D eigenvalue weighted by molar-refractivity contribution is 7.07. The van der Waals surface area contributed by atoms with Gasteiger partial charge in [0, 0.05) is 23.5 Å². The average Bonchev–Trinajstić information content (AvgIpc) is 3.42. The third kappa shape index (κ3) is 4.53. The Labute approximate surface area is 217 Å². The number of nitrogens with zero attached hydrogens (tertiary/aromatic N) is 4. The van der Waals surface area contributed by atoms with E-state index in [2.05, 4.69) is 10.4 Å². The van der Waals surface area contributed by atoms with E-state index < -0.39 is 6.04 Å². The summed E-state index contributed by atoms with van der Waals surface area (Å²) in [6.45, 7) is 6.56. The Kier molecular flexibility index (Phi) is 6.62. The fourth-order valence-corrected chi connectivity index (χ4v) is 5.53. The van der Waals surface area contributed by atoms with Crippen LogP contribution in [0.25, 0.3) is 6.08 Å². The van der Waals surface area contributed by atoms with E-state index in [-0.39, 0.29) is 11.5 Å². The monoisotopic (exact) mass is 513 g/mol. The number of nitrogens with one attached hydrogen (secondary N) is 1. The molecule has 0 fully saturated rings. The standard InChI is InChI=1S/C28H27N5O3S/c1-5-32-18(3)20(16-29-32)15-23-27(35)33-25(19-11-13-22(36-4)14-12-19)24(17(2)30-28(33)37-23)26(34)31-21-9-7-6-8-10-21/h6-16,25H,5H2,1-4H3,(H,31,34). The molecule has 9 heteroatoms. The molecule has 2 aromatic heterocycles. The molecule has 0 saturated heterocycles. The fraction of sp³-hybridized carbons (Fsp3) is 0.214. The van der Waals surface area contributed by atoms with Gasteiger partial charge in [0.2, 0.25) is 0 Å². The van der Waals surface area contributed by atoms with Gasteiger partial charge < -0.3 is 10.1 Å². The van der Waals surface area contributed by atoms with Gasteiger partial charge in [-0.2, -0.15) is 5.10 Å². The first kappa shape index (κ1) is 24.5. The van der Waals surface area contributed by atoms with Gasteiger partial charge in [-0.3, -0.25) is 18.8 Å². The van der Waals surface area contributed by atoms with Crippen LogP contribution in [0.4, 0.5) is 5.69 Å². The lowest BCUT2D eigenvalue weighted by atomic mass is 9.95. The first-order valence-corrected chi connectivity index (χ1v) is 12.8. The molecule has 0 saturated carbocycles. The van der Waals surface area contributed by atoms with Gasteiger partial charge >= 0.3 is 0 Å². The molecular formula is C28H27N5O3S. The maximum Gasteiger partial charge on any atom is 0.271 e. The lowest BCUT2D eigenvalue weighted by molar-refractivity contribution is -0.113. The number of methoxy groups -OCH3 is 1. The number of anilines is 1.